The molecule has 2 aromatic rings. The predicted octanol–water partition coefficient (Wildman–Crippen LogP) is 3.70. The SMILES string of the molecule is COc1cc(C(N)=S)ccc1OCc1ccc(F)c(Cl)c1. The molecule has 0 aromatic heterocycles. The lowest BCUT2D eigenvalue weighted by molar-refractivity contribution is 0.284. The Balaban J connectivity index is 2.15. The molecule has 0 atom stereocenters. The highest BCUT2D eigenvalue weighted by molar-refractivity contribution is 7.80. The number of benzene rings is 2. The van der Waals surface area contributed by atoms with Crippen LogP contribution in [0.15, 0.2) is 36.4 Å². The van der Waals surface area contributed by atoms with Crippen LogP contribution in [0, 0.1) is 5.82 Å². The number of halogens is 2. The summed E-state index contributed by atoms with van der Waals surface area (Å²) in [5.41, 5.74) is 7.01. The molecule has 2 rings (SSSR count). The minimum Gasteiger partial charge on any atom is -0.493 e. The molecule has 0 bridgehead atoms. The Kier molecular flexibility index (Phi) is 4.98. The molecule has 3 nitrogen and oxygen atoms in total. The van der Waals surface area contributed by atoms with Crippen molar-refractivity contribution >= 4 is 28.8 Å². The van der Waals surface area contributed by atoms with Gasteiger partial charge >= 0.3 is 0 Å². The van der Waals surface area contributed by atoms with E-state index in [9.17, 15) is 4.39 Å². The van der Waals surface area contributed by atoms with Crippen molar-refractivity contribution in [3.05, 3.63) is 58.4 Å². The van der Waals surface area contributed by atoms with Gasteiger partial charge in [-0.25, -0.2) is 4.39 Å². The van der Waals surface area contributed by atoms with Gasteiger partial charge in [0.1, 0.15) is 17.4 Å². The molecule has 2 aromatic carbocycles. The summed E-state index contributed by atoms with van der Waals surface area (Å²) in [6, 6.07) is 9.60. The van der Waals surface area contributed by atoms with Gasteiger partial charge in [0.15, 0.2) is 11.5 Å². The highest BCUT2D eigenvalue weighted by Gasteiger charge is 2.08. The number of hydrogen-bond acceptors (Lipinski definition) is 3. The van der Waals surface area contributed by atoms with Crippen LogP contribution in [0.4, 0.5) is 4.39 Å². The molecule has 0 saturated heterocycles. The largest absolute Gasteiger partial charge is 0.493 e. The summed E-state index contributed by atoms with van der Waals surface area (Å²) < 4.78 is 24.0. The zero-order chi connectivity index (χ0) is 15.4. The van der Waals surface area contributed by atoms with Crippen LogP contribution in [0.5, 0.6) is 11.5 Å². The van der Waals surface area contributed by atoms with Gasteiger partial charge in [0.25, 0.3) is 0 Å². The molecule has 21 heavy (non-hydrogen) atoms. The van der Waals surface area contributed by atoms with E-state index in [0.29, 0.717) is 17.1 Å². The van der Waals surface area contributed by atoms with Crippen molar-refractivity contribution in [2.45, 2.75) is 6.61 Å². The lowest BCUT2D eigenvalue weighted by atomic mass is 10.2. The summed E-state index contributed by atoms with van der Waals surface area (Å²) in [6.07, 6.45) is 0. The van der Waals surface area contributed by atoms with E-state index < -0.39 is 5.82 Å². The Labute approximate surface area is 132 Å². The minimum atomic E-state index is -0.459. The zero-order valence-corrected chi connectivity index (χ0v) is 12.8. The van der Waals surface area contributed by atoms with Gasteiger partial charge in [0.05, 0.1) is 12.1 Å². The van der Waals surface area contributed by atoms with Crippen LogP contribution >= 0.6 is 23.8 Å². The fraction of sp³-hybridized carbons (Fsp3) is 0.133. The standard InChI is InChI=1S/C15H13ClFNO2S/c1-19-14-7-10(15(18)21)3-5-13(14)20-8-9-2-4-12(17)11(16)6-9/h2-7H,8H2,1H3,(H2,18,21). The van der Waals surface area contributed by atoms with E-state index in [1.165, 1.54) is 19.2 Å². The lowest BCUT2D eigenvalue weighted by Crippen LogP contribution is -2.09. The summed E-state index contributed by atoms with van der Waals surface area (Å²) in [6.45, 7) is 0.239. The Bertz CT molecular complexity index is 679. The first-order valence-electron chi connectivity index (χ1n) is 6.06. The molecule has 2 N–H and O–H groups in total. The molecular weight excluding hydrogens is 313 g/mol. The fourth-order valence-corrected chi connectivity index (χ4v) is 2.06. The van der Waals surface area contributed by atoms with Crippen molar-refractivity contribution < 1.29 is 13.9 Å². The van der Waals surface area contributed by atoms with Crippen LogP contribution in [0.25, 0.3) is 0 Å². The van der Waals surface area contributed by atoms with Crippen molar-refractivity contribution in [2.24, 2.45) is 5.73 Å². The molecule has 0 heterocycles. The van der Waals surface area contributed by atoms with E-state index in [0.717, 1.165) is 5.56 Å². The number of rotatable bonds is 5. The van der Waals surface area contributed by atoms with Gasteiger partial charge in [0, 0.05) is 5.56 Å². The van der Waals surface area contributed by atoms with E-state index in [2.05, 4.69) is 0 Å². The number of nitrogens with two attached hydrogens (primary N) is 1. The summed E-state index contributed by atoms with van der Waals surface area (Å²) in [4.78, 5) is 0.283. The molecule has 0 unspecified atom stereocenters. The Morgan fingerprint density at radius 3 is 2.62 bits per heavy atom. The van der Waals surface area contributed by atoms with E-state index in [1.807, 2.05) is 0 Å². The Morgan fingerprint density at radius 1 is 1.24 bits per heavy atom. The van der Waals surface area contributed by atoms with Gasteiger partial charge in [-0.2, -0.15) is 0 Å². The molecule has 0 aliphatic heterocycles. The first-order chi connectivity index (χ1) is 10.0. The topological polar surface area (TPSA) is 44.5 Å². The number of hydrogen-bond donors (Lipinski definition) is 1. The van der Waals surface area contributed by atoms with Crippen LogP contribution in [-0.4, -0.2) is 12.1 Å². The first-order valence-corrected chi connectivity index (χ1v) is 6.84. The van der Waals surface area contributed by atoms with E-state index in [4.69, 9.17) is 39.0 Å². The summed E-state index contributed by atoms with van der Waals surface area (Å²) in [5, 5.41) is 0.0619. The molecule has 0 aliphatic rings. The van der Waals surface area contributed by atoms with Crippen LogP contribution < -0.4 is 15.2 Å². The number of thiocarbonyl (C=S) groups is 1. The average molecular weight is 326 g/mol. The third kappa shape index (κ3) is 3.83. The second kappa shape index (κ2) is 6.74. The average Bonchev–Trinajstić information content (AvgIpc) is 2.48. The van der Waals surface area contributed by atoms with Gasteiger partial charge < -0.3 is 15.2 Å². The molecule has 0 amide bonds. The second-order valence-corrected chi connectivity index (χ2v) is 5.11. The third-order valence-electron chi connectivity index (χ3n) is 2.83. The van der Waals surface area contributed by atoms with Crippen molar-refractivity contribution in [3.63, 3.8) is 0 Å². The number of methoxy groups -OCH3 is 1. The molecular formula is C15H13ClFNO2S. The summed E-state index contributed by atoms with van der Waals surface area (Å²) in [5.74, 6) is 0.602. The molecule has 6 heteroatoms. The summed E-state index contributed by atoms with van der Waals surface area (Å²) >= 11 is 10.6. The Morgan fingerprint density at radius 2 is 2.00 bits per heavy atom. The minimum absolute atomic E-state index is 0.0619. The van der Waals surface area contributed by atoms with Crippen LogP contribution in [0.1, 0.15) is 11.1 Å². The maximum Gasteiger partial charge on any atom is 0.161 e. The van der Waals surface area contributed by atoms with E-state index >= 15 is 0 Å². The Hall–Kier alpha value is -1.85. The first kappa shape index (κ1) is 15.5. The van der Waals surface area contributed by atoms with Crippen LogP contribution in [0.3, 0.4) is 0 Å². The number of ether oxygens (including phenoxy) is 2. The smallest absolute Gasteiger partial charge is 0.161 e. The van der Waals surface area contributed by atoms with Gasteiger partial charge in [-0.05, 0) is 35.9 Å². The zero-order valence-electron chi connectivity index (χ0n) is 11.2. The van der Waals surface area contributed by atoms with Crippen molar-refractivity contribution in [3.8, 4) is 11.5 Å². The van der Waals surface area contributed by atoms with Crippen LogP contribution in [-0.2, 0) is 6.61 Å². The van der Waals surface area contributed by atoms with Gasteiger partial charge in [-0.1, -0.05) is 29.9 Å². The highest BCUT2D eigenvalue weighted by Crippen LogP contribution is 2.29. The van der Waals surface area contributed by atoms with Crippen molar-refractivity contribution in [1.29, 1.82) is 0 Å². The fourth-order valence-electron chi connectivity index (χ4n) is 1.73. The van der Waals surface area contributed by atoms with Gasteiger partial charge in [-0.15, -0.1) is 0 Å². The molecule has 0 radical (unpaired) electrons. The molecule has 0 aliphatic carbocycles. The van der Waals surface area contributed by atoms with E-state index in [-0.39, 0.29) is 16.6 Å². The van der Waals surface area contributed by atoms with Crippen LogP contribution in [0.2, 0.25) is 5.02 Å². The van der Waals surface area contributed by atoms with Crippen molar-refractivity contribution in [1.82, 2.24) is 0 Å². The molecule has 0 fully saturated rings. The molecule has 0 spiro atoms. The maximum absolute atomic E-state index is 13.1. The van der Waals surface area contributed by atoms with E-state index in [1.54, 1.807) is 24.3 Å². The third-order valence-corrected chi connectivity index (χ3v) is 3.35. The predicted molar refractivity (Wildman–Crippen MR) is 84.6 cm³/mol. The maximum atomic E-state index is 13.1. The monoisotopic (exact) mass is 325 g/mol. The highest BCUT2D eigenvalue weighted by atomic mass is 35.5. The summed E-state index contributed by atoms with van der Waals surface area (Å²) in [7, 11) is 1.53. The quantitative estimate of drug-likeness (QED) is 0.851. The molecule has 0 saturated carbocycles. The van der Waals surface area contributed by atoms with Crippen molar-refractivity contribution in [2.75, 3.05) is 7.11 Å². The second-order valence-electron chi connectivity index (χ2n) is 4.27. The van der Waals surface area contributed by atoms with Gasteiger partial charge in [0.2, 0.25) is 0 Å². The molecule has 110 valence electrons. The van der Waals surface area contributed by atoms with Gasteiger partial charge in [-0.3, -0.25) is 0 Å². The normalized spacial score (nSPS) is 10.2. The lowest BCUT2D eigenvalue weighted by Gasteiger charge is -2.12.